The van der Waals surface area contributed by atoms with E-state index in [9.17, 15) is 10.2 Å². The highest BCUT2D eigenvalue weighted by Crippen LogP contribution is 2.29. The maximum absolute atomic E-state index is 10.7. The molecule has 0 aromatic heterocycles. The molecular weight excluding hydrogens is 236 g/mol. The van der Waals surface area contributed by atoms with Crippen molar-refractivity contribution in [1.82, 2.24) is 0 Å². The summed E-state index contributed by atoms with van der Waals surface area (Å²) in [5.74, 6) is 0.214. The summed E-state index contributed by atoms with van der Waals surface area (Å²) in [7, 11) is 0. The Labute approximate surface area is 114 Å². The average Bonchev–Trinajstić information content (AvgIpc) is 2.35. The number of benzene rings is 2. The van der Waals surface area contributed by atoms with Gasteiger partial charge >= 0.3 is 0 Å². The van der Waals surface area contributed by atoms with E-state index < -0.39 is 5.60 Å². The molecule has 0 bridgehead atoms. The minimum Gasteiger partial charge on any atom is -0.508 e. The number of rotatable bonds is 3. The molecule has 0 aliphatic heterocycles. The fourth-order valence-electron chi connectivity index (χ4n) is 2.39. The molecule has 1 unspecified atom stereocenters. The predicted molar refractivity (Wildman–Crippen MR) is 77.3 cm³/mol. The molecule has 2 aromatic rings. The summed E-state index contributed by atoms with van der Waals surface area (Å²) >= 11 is 0. The van der Waals surface area contributed by atoms with Crippen LogP contribution >= 0.6 is 0 Å². The molecule has 2 nitrogen and oxygen atoms in total. The molecule has 0 amide bonds. The number of aliphatic hydroxyl groups is 1. The normalized spacial score (nSPS) is 14.1. The molecule has 0 aliphatic carbocycles. The summed E-state index contributed by atoms with van der Waals surface area (Å²) in [4.78, 5) is 0. The van der Waals surface area contributed by atoms with Crippen LogP contribution in [0.3, 0.4) is 0 Å². The van der Waals surface area contributed by atoms with Gasteiger partial charge in [0.2, 0.25) is 0 Å². The molecule has 2 heteroatoms. The second-order valence-corrected chi connectivity index (χ2v) is 5.37. The van der Waals surface area contributed by atoms with Gasteiger partial charge in [-0.25, -0.2) is 0 Å². The largest absolute Gasteiger partial charge is 0.508 e. The number of phenols is 1. The van der Waals surface area contributed by atoms with Crippen molar-refractivity contribution in [3.8, 4) is 5.75 Å². The van der Waals surface area contributed by atoms with Gasteiger partial charge < -0.3 is 10.2 Å². The number of aryl methyl sites for hydroxylation is 2. The Morgan fingerprint density at radius 3 is 2.00 bits per heavy atom. The van der Waals surface area contributed by atoms with E-state index in [0.29, 0.717) is 6.42 Å². The Bertz CT molecular complexity index is 548. The fraction of sp³-hybridized carbons (Fsp3) is 0.294. The summed E-state index contributed by atoms with van der Waals surface area (Å²) in [5.41, 5.74) is 3.44. The van der Waals surface area contributed by atoms with Crippen LogP contribution in [0.1, 0.15) is 29.2 Å². The highest BCUT2D eigenvalue weighted by atomic mass is 16.3. The Morgan fingerprint density at radius 1 is 0.947 bits per heavy atom. The number of hydrogen-bond donors (Lipinski definition) is 2. The minimum atomic E-state index is -0.940. The predicted octanol–water partition coefficient (Wildman–Crippen LogP) is 3.46. The van der Waals surface area contributed by atoms with Crippen molar-refractivity contribution in [1.29, 1.82) is 0 Å². The van der Waals surface area contributed by atoms with E-state index in [1.54, 1.807) is 24.3 Å². The maximum atomic E-state index is 10.7. The molecule has 0 saturated heterocycles. The van der Waals surface area contributed by atoms with Crippen molar-refractivity contribution >= 4 is 0 Å². The second-order valence-electron chi connectivity index (χ2n) is 5.37. The van der Waals surface area contributed by atoms with Crippen molar-refractivity contribution < 1.29 is 10.2 Å². The maximum Gasteiger partial charge on any atom is 0.115 e. The molecule has 0 heterocycles. The van der Waals surface area contributed by atoms with Gasteiger partial charge in [-0.3, -0.25) is 0 Å². The molecule has 0 fully saturated rings. The highest BCUT2D eigenvalue weighted by molar-refractivity contribution is 5.37. The molecular formula is C17H20O2. The van der Waals surface area contributed by atoms with E-state index >= 15 is 0 Å². The van der Waals surface area contributed by atoms with Crippen LogP contribution in [0.2, 0.25) is 0 Å². The molecule has 1 atom stereocenters. The van der Waals surface area contributed by atoms with E-state index in [1.807, 2.05) is 13.0 Å². The zero-order valence-corrected chi connectivity index (χ0v) is 11.6. The molecule has 2 aromatic carbocycles. The summed E-state index contributed by atoms with van der Waals surface area (Å²) < 4.78 is 0. The van der Waals surface area contributed by atoms with Gasteiger partial charge in [0.1, 0.15) is 5.75 Å². The van der Waals surface area contributed by atoms with Gasteiger partial charge in [-0.05, 0) is 55.2 Å². The standard InChI is InChI=1S/C17H20O2/c1-12-5-4-6-13(2)16(12)11-17(3,19)14-7-9-15(18)10-8-14/h4-10,18-19H,11H2,1-3H3. The van der Waals surface area contributed by atoms with Crippen LogP contribution in [0.5, 0.6) is 5.75 Å². The van der Waals surface area contributed by atoms with Gasteiger partial charge in [-0.15, -0.1) is 0 Å². The number of phenolic OH excluding ortho intramolecular Hbond substituents is 1. The molecule has 2 N–H and O–H groups in total. The molecule has 0 radical (unpaired) electrons. The van der Waals surface area contributed by atoms with Gasteiger partial charge in [-0.1, -0.05) is 30.3 Å². The van der Waals surface area contributed by atoms with Crippen molar-refractivity contribution in [2.45, 2.75) is 32.8 Å². The molecule has 100 valence electrons. The fourth-order valence-corrected chi connectivity index (χ4v) is 2.39. The van der Waals surface area contributed by atoms with Crippen LogP contribution in [0.25, 0.3) is 0 Å². The third-order valence-corrected chi connectivity index (χ3v) is 3.65. The zero-order valence-electron chi connectivity index (χ0n) is 11.6. The van der Waals surface area contributed by atoms with Crippen molar-refractivity contribution in [3.05, 3.63) is 64.7 Å². The van der Waals surface area contributed by atoms with E-state index in [0.717, 1.165) is 5.56 Å². The third-order valence-electron chi connectivity index (χ3n) is 3.65. The van der Waals surface area contributed by atoms with Crippen molar-refractivity contribution in [2.75, 3.05) is 0 Å². The summed E-state index contributed by atoms with van der Waals surface area (Å²) in [6, 6.07) is 12.9. The van der Waals surface area contributed by atoms with Crippen molar-refractivity contribution in [2.24, 2.45) is 0 Å². The number of hydrogen-bond acceptors (Lipinski definition) is 2. The molecule has 0 spiro atoms. The Balaban J connectivity index is 2.33. The average molecular weight is 256 g/mol. The topological polar surface area (TPSA) is 40.5 Å². The zero-order chi connectivity index (χ0) is 14.0. The lowest BCUT2D eigenvalue weighted by atomic mass is 9.86. The van der Waals surface area contributed by atoms with Crippen LogP contribution in [0.4, 0.5) is 0 Å². The summed E-state index contributed by atoms with van der Waals surface area (Å²) in [6.07, 6.45) is 0.566. The van der Waals surface area contributed by atoms with Gasteiger partial charge in [0.15, 0.2) is 0 Å². The quantitative estimate of drug-likeness (QED) is 0.883. The SMILES string of the molecule is Cc1cccc(C)c1CC(C)(O)c1ccc(O)cc1. The van der Waals surface area contributed by atoms with Gasteiger partial charge in [0.25, 0.3) is 0 Å². The van der Waals surface area contributed by atoms with Gasteiger partial charge in [-0.2, -0.15) is 0 Å². The first kappa shape index (κ1) is 13.6. The van der Waals surface area contributed by atoms with Gasteiger partial charge in [0.05, 0.1) is 5.60 Å². The third kappa shape index (κ3) is 2.96. The van der Waals surface area contributed by atoms with Crippen LogP contribution in [0.15, 0.2) is 42.5 Å². The summed E-state index contributed by atoms with van der Waals surface area (Å²) in [6.45, 7) is 5.94. The Morgan fingerprint density at radius 2 is 1.47 bits per heavy atom. The van der Waals surface area contributed by atoms with Crippen molar-refractivity contribution in [3.63, 3.8) is 0 Å². The smallest absolute Gasteiger partial charge is 0.115 e. The minimum absolute atomic E-state index is 0.214. The highest BCUT2D eigenvalue weighted by Gasteiger charge is 2.24. The van der Waals surface area contributed by atoms with Crippen LogP contribution in [-0.2, 0) is 12.0 Å². The van der Waals surface area contributed by atoms with Gasteiger partial charge in [0, 0.05) is 6.42 Å². The monoisotopic (exact) mass is 256 g/mol. The first-order chi connectivity index (χ1) is 8.90. The van der Waals surface area contributed by atoms with E-state index in [2.05, 4.69) is 26.0 Å². The molecule has 19 heavy (non-hydrogen) atoms. The first-order valence-corrected chi connectivity index (χ1v) is 6.47. The van der Waals surface area contributed by atoms with E-state index in [-0.39, 0.29) is 5.75 Å². The van der Waals surface area contributed by atoms with Crippen LogP contribution in [-0.4, -0.2) is 10.2 Å². The molecule has 0 aliphatic rings. The number of aromatic hydroxyl groups is 1. The van der Waals surface area contributed by atoms with E-state index in [1.165, 1.54) is 16.7 Å². The van der Waals surface area contributed by atoms with Crippen LogP contribution in [0, 0.1) is 13.8 Å². The Hall–Kier alpha value is -1.80. The summed E-state index contributed by atoms with van der Waals surface area (Å²) in [5, 5.41) is 20.0. The Kier molecular flexibility index (Phi) is 3.63. The lowest BCUT2D eigenvalue weighted by Crippen LogP contribution is -2.25. The van der Waals surface area contributed by atoms with Crippen LogP contribution < -0.4 is 0 Å². The first-order valence-electron chi connectivity index (χ1n) is 6.47. The molecule has 0 saturated carbocycles. The molecule has 2 rings (SSSR count). The van der Waals surface area contributed by atoms with E-state index in [4.69, 9.17) is 0 Å². The lowest BCUT2D eigenvalue weighted by Gasteiger charge is -2.26. The lowest BCUT2D eigenvalue weighted by molar-refractivity contribution is 0.0572. The second kappa shape index (κ2) is 5.06.